The molecule has 1 amide bonds. The number of hydrogen-bond acceptors (Lipinski definition) is 2. The first-order valence-electron chi connectivity index (χ1n) is 7.35. The standard InChI is InChI=1S/C18H19NO2/c1-2-21-15-10-6-9-14(11-15)16-12-17(20)19-18(16)13-7-4-3-5-8-13/h3-11,16,18H,2,12H2,1H3,(H,19,20). The normalized spacial score (nSPS) is 21.1. The van der Waals surface area contributed by atoms with Gasteiger partial charge in [0.05, 0.1) is 12.6 Å². The van der Waals surface area contributed by atoms with Gasteiger partial charge >= 0.3 is 0 Å². The molecule has 21 heavy (non-hydrogen) atoms. The molecular weight excluding hydrogens is 262 g/mol. The van der Waals surface area contributed by atoms with Crippen molar-refractivity contribution in [1.82, 2.24) is 5.32 Å². The molecule has 3 rings (SSSR count). The van der Waals surface area contributed by atoms with Crippen LogP contribution in [0.25, 0.3) is 0 Å². The van der Waals surface area contributed by atoms with Gasteiger partial charge in [-0.2, -0.15) is 0 Å². The molecule has 0 spiro atoms. The van der Waals surface area contributed by atoms with Crippen molar-refractivity contribution in [2.75, 3.05) is 6.61 Å². The Kier molecular flexibility index (Phi) is 3.91. The Balaban J connectivity index is 1.92. The zero-order valence-electron chi connectivity index (χ0n) is 12.1. The van der Waals surface area contributed by atoms with Crippen molar-refractivity contribution in [3.63, 3.8) is 0 Å². The summed E-state index contributed by atoms with van der Waals surface area (Å²) in [6, 6.07) is 18.2. The zero-order chi connectivity index (χ0) is 14.7. The Labute approximate surface area is 124 Å². The molecule has 1 heterocycles. The number of carbonyl (C=O) groups is 1. The Morgan fingerprint density at radius 2 is 1.86 bits per heavy atom. The topological polar surface area (TPSA) is 38.3 Å². The molecule has 1 N–H and O–H groups in total. The van der Waals surface area contributed by atoms with Crippen LogP contribution in [0.2, 0.25) is 0 Å². The monoisotopic (exact) mass is 281 g/mol. The number of ether oxygens (including phenoxy) is 1. The summed E-state index contributed by atoms with van der Waals surface area (Å²) in [7, 11) is 0. The van der Waals surface area contributed by atoms with Gasteiger partial charge in [-0.25, -0.2) is 0 Å². The van der Waals surface area contributed by atoms with E-state index in [0.29, 0.717) is 13.0 Å². The number of amides is 1. The summed E-state index contributed by atoms with van der Waals surface area (Å²) in [6.07, 6.45) is 0.523. The lowest BCUT2D eigenvalue weighted by Crippen LogP contribution is -2.20. The van der Waals surface area contributed by atoms with Gasteiger partial charge in [-0.15, -0.1) is 0 Å². The van der Waals surface area contributed by atoms with Crippen LogP contribution < -0.4 is 10.1 Å². The highest BCUT2D eigenvalue weighted by Gasteiger charge is 2.34. The quantitative estimate of drug-likeness (QED) is 0.932. The second-order valence-corrected chi connectivity index (χ2v) is 5.27. The smallest absolute Gasteiger partial charge is 0.221 e. The van der Waals surface area contributed by atoms with Crippen LogP contribution in [0.4, 0.5) is 0 Å². The highest BCUT2D eigenvalue weighted by atomic mass is 16.5. The molecule has 0 saturated carbocycles. The molecule has 3 heteroatoms. The highest BCUT2D eigenvalue weighted by molar-refractivity contribution is 5.80. The lowest BCUT2D eigenvalue weighted by Gasteiger charge is -2.20. The fourth-order valence-corrected chi connectivity index (χ4v) is 2.94. The van der Waals surface area contributed by atoms with E-state index >= 15 is 0 Å². The van der Waals surface area contributed by atoms with Gasteiger partial charge in [0.2, 0.25) is 5.91 Å². The van der Waals surface area contributed by atoms with Gasteiger partial charge in [0, 0.05) is 12.3 Å². The molecular formula is C18H19NO2. The third-order valence-electron chi connectivity index (χ3n) is 3.88. The lowest BCUT2D eigenvalue weighted by atomic mass is 9.88. The number of benzene rings is 2. The molecule has 2 aromatic rings. The number of carbonyl (C=O) groups excluding carboxylic acids is 1. The van der Waals surface area contributed by atoms with Crippen LogP contribution in [-0.4, -0.2) is 12.5 Å². The molecule has 0 aromatic heterocycles. The van der Waals surface area contributed by atoms with Gasteiger partial charge in [-0.3, -0.25) is 4.79 Å². The van der Waals surface area contributed by atoms with Crippen LogP contribution in [0.15, 0.2) is 54.6 Å². The van der Waals surface area contributed by atoms with Crippen molar-refractivity contribution in [2.45, 2.75) is 25.3 Å². The van der Waals surface area contributed by atoms with E-state index in [2.05, 4.69) is 23.5 Å². The van der Waals surface area contributed by atoms with Crippen molar-refractivity contribution < 1.29 is 9.53 Å². The Hall–Kier alpha value is -2.29. The van der Waals surface area contributed by atoms with E-state index < -0.39 is 0 Å². The van der Waals surface area contributed by atoms with E-state index in [1.54, 1.807) is 0 Å². The van der Waals surface area contributed by atoms with Gasteiger partial charge in [-0.05, 0) is 30.2 Å². The largest absolute Gasteiger partial charge is 0.494 e. The number of nitrogens with one attached hydrogen (secondary N) is 1. The zero-order valence-corrected chi connectivity index (χ0v) is 12.1. The van der Waals surface area contributed by atoms with Crippen LogP contribution in [0, 0.1) is 0 Å². The summed E-state index contributed by atoms with van der Waals surface area (Å²) >= 11 is 0. The first kappa shape index (κ1) is 13.7. The van der Waals surface area contributed by atoms with Crippen molar-refractivity contribution in [3.8, 4) is 5.75 Å². The fraction of sp³-hybridized carbons (Fsp3) is 0.278. The fourth-order valence-electron chi connectivity index (χ4n) is 2.94. The van der Waals surface area contributed by atoms with E-state index in [4.69, 9.17) is 4.74 Å². The predicted molar refractivity (Wildman–Crippen MR) is 82.3 cm³/mol. The van der Waals surface area contributed by atoms with Crippen LogP contribution in [0.1, 0.15) is 36.4 Å². The van der Waals surface area contributed by atoms with Gasteiger partial charge in [0.1, 0.15) is 5.75 Å². The summed E-state index contributed by atoms with van der Waals surface area (Å²) in [5, 5.41) is 3.09. The van der Waals surface area contributed by atoms with E-state index in [0.717, 1.165) is 16.9 Å². The van der Waals surface area contributed by atoms with Crippen LogP contribution in [0.5, 0.6) is 5.75 Å². The predicted octanol–water partition coefficient (Wildman–Crippen LogP) is 3.43. The molecule has 3 nitrogen and oxygen atoms in total. The molecule has 0 bridgehead atoms. The maximum atomic E-state index is 11.9. The minimum atomic E-state index is 0.0376. The highest BCUT2D eigenvalue weighted by Crippen LogP contribution is 2.39. The lowest BCUT2D eigenvalue weighted by molar-refractivity contribution is -0.119. The average Bonchev–Trinajstić information content (AvgIpc) is 2.91. The average molecular weight is 281 g/mol. The SMILES string of the molecule is CCOc1cccc(C2CC(=O)NC2c2ccccc2)c1. The van der Waals surface area contributed by atoms with Crippen LogP contribution >= 0.6 is 0 Å². The van der Waals surface area contributed by atoms with Gasteiger partial charge in [0.15, 0.2) is 0 Å². The Bertz CT molecular complexity index is 624. The minimum Gasteiger partial charge on any atom is -0.494 e. The maximum Gasteiger partial charge on any atom is 0.221 e. The first-order valence-corrected chi connectivity index (χ1v) is 7.35. The number of hydrogen-bond donors (Lipinski definition) is 1. The maximum absolute atomic E-state index is 11.9. The molecule has 2 unspecified atom stereocenters. The van der Waals surface area contributed by atoms with E-state index in [1.807, 2.05) is 43.3 Å². The van der Waals surface area contributed by atoms with Crippen LogP contribution in [0.3, 0.4) is 0 Å². The Morgan fingerprint density at radius 1 is 1.10 bits per heavy atom. The minimum absolute atomic E-state index is 0.0376. The molecule has 0 radical (unpaired) electrons. The summed E-state index contributed by atoms with van der Waals surface area (Å²) in [4.78, 5) is 11.9. The van der Waals surface area contributed by atoms with Gasteiger partial charge in [0.25, 0.3) is 0 Å². The summed E-state index contributed by atoms with van der Waals surface area (Å²) < 4.78 is 5.57. The first-order chi connectivity index (χ1) is 10.3. The van der Waals surface area contributed by atoms with Crippen LogP contribution in [-0.2, 0) is 4.79 Å². The van der Waals surface area contributed by atoms with E-state index in [9.17, 15) is 4.79 Å². The van der Waals surface area contributed by atoms with Gasteiger partial charge < -0.3 is 10.1 Å². The molecule has 1 saturated heterocycles. The number of rotatable bonds is 4. The Morgan fingerprint density at radius 3 is 2.62 bits per heavy atom. The molecule has 1 aliphatic rings. The molecule has 0 aliphatic carbocycles. The summed E-state index contributed by atoms with van der Waals surface area (Å²) in [5.41, 5.74) is 2.29. The third-order valence-corrected chi connectivity index (χ3v) is 3.88. The van der Waals surface area contributed by atoms with Gasteiger partial charge in [-0.1, -0.05) is 42.5 Å². The van der Waals surface area contributed by atoms with E-state index in [-0.39, 0.29) is 17.9 Å². The molecule has 1 aliphatic heterocycles. The molecule has 1 fully saturated rings. The second kappa shape index (κ2) is 6.00. The molecule has 2 atom stereocenters. The second-order valence-electron chi connectivity index (χ2n) is 5.27. The summed E-state index contributed by atoms with van der Waals surface area (Å²) in [5.74, 6) is 1.12. The van der Waals surface area contributed by atoms with E-state index in [1.165, 1.54) is 0 Å². The summed E-state index contributed by atoms with van der Waals surface area (Å²) in [6.45, 7) is 2.62. The van der Waals surface area contributed by atoms with Crippen molar-refractivity contribution in [3.05, 3.63) is 65.7 Å². The van der Waals surface area contributed by atoms with Crippen molar-refractivity contribution in [2.24, 2.45) is 0 Å². The van der Waals surface area contributed by atoms with Crippen molar-refractivity contribution >= 4 is 5.91 Å². The molecule has 108 valence electrons. The van der Waals surface area contributed by atoms with Crippen molar-refractivity contribution in [1.29, 1.82) is 0 Å². The third kappa shape index (κ3) is 2.92. The molecule has 2 aromatic carbocycles.